The summed E-state index contributed by atoms with van der Waals surface area (Å²) in [5.74, 6) is 1.87. The third kappa shape index (κ3) is 5.90. The van der Waals surface area contributed by atoms with Crippen LogP contribution in [0.4, 0.5) is 5.69 Å². The first-order chi connectivity index (χ1) is 27.7. The smallest absolute Gasteiger partial charge is 0.187 e. The van der Waals surface area contributed by atoms with Crippen molar-refractivity contribution >= 4 is 38.3 Å². The fourth-order valence-electron chi connectivity index (χ4n) is 7.50. The molecule has 6 heteroatoms. The van der Waals surface area contributed by atoms with E-state index >= 15 is 0 Å². The van der Waals surface area contributed by atoms with E-state index in [9.17, 15) is 0 Å². The molecule has 0 aliphatic rings. The first-order valence-electron chi connectivity index (χ1n) is 18.4. The molecule has 0 saturated carbocycles. The molecule has 0 saturated heterocycles. The highest BCUT2D eigenvalue weighted by atomic mass is 15.0. The summed E-state index contributed by atoms with van der Waals surface area (Å²) in [5, 5.41) is 4.34. The molecule has 0 radical (unpaired) electrons. The highest BCUT2D eigenvalue weighted by molar-refractivity contribution is 6.22. The van der Waals surface area contributed by atoms with Gasteiger partial charge in [-0.1, -0.05) is 133 Å². The maximum absolute atomic E-state index is 7.41. The van der Waals surface area contributed by atoms with Crippen LogP contribution >= 0.6 is 0 Å². The number of hydrogen-bond acceptors (Lipinski definition) is 5. The van der Waals surface area contributed by atoms with Crippen molar-refractivity contribution in [3.8, 4) is 67.5 Å². The zero-order valence-corrected chi connectivity index (χ0v) is 30.0. The Hall–Kier alpha value is -7.88. The van der Waals surface area contributed by atoms with Gasteiger partial charge in [0.05, 0.1) is 17.6 Å². The molecule has 0 amide bonds. The molecule has 6 nitrogen and oxygen atoms in total. The molecule has 3 heterocycles. The minimum absolute atomic E-state index is 0.611. The Kier molecular flexibility index (Phi) is 8.09. The minimum Gasteiger partial charge on any atom is -0.256 e. The molecule has 0 spiro atoms. The van der Waals surface area contributed by atoms with Crippen LogP contribution in [0.2, 0.25) is 0 Å². The number of pyridine rings is 2. The molecule has 3 aromatic heterocycles. The quantitative estimate of drug-likeness (QED) is 0.127. The summed E-state index contributed by atoms with van der Waals surface area (Å²) in [6, 6.07) is 57.6. The number of aromatic nitrogens is 5. The first kappa shape index (κ1) is 32.7. The number of benzene rings is 7. The van der Waals surface area contributed by atoms with Crippen LogP contribution in [0.1, 0.15) is 0 Å². The fourth-order valence-corrected chi connectivity index (χ4v) is 7.50. The molecule has 10 aromatic rings. The van der Waals surface area contributed by atoms with Gasteiger partial charge in [0.25, 0.3) is 0 Å². The number of rotatable bonds is 6. The Morgan fingerprint density at radius 2 is 0.786 bits per heavy atom. The van der Waals surface area contributed by atoms with Gasteiger partial charge in [0.15, 0.2) is 23.2 Å². The van der Waals surface area contributed by atoms with Crippen LogP contribution in [0, 0.1) is 6.57 Å². The molecule has 0 fully saturated rings. The van der Waals surface area contributed by atoms with Crippen molar-refractivity contribution in [2.24, 2.45) is 0 Å². The van der Waals surface area contributed by atoms with E-state index < -0.39 is 0 Å². The van der Waals surface area contributed by atoms with E-state index in [1.165, 1.54) is 0 Å². The Balaban J connectivity index is 1.10. The van der Waals surface area contributed by atoms with Gasteiger partial charge in [-0.05, 0) is 69.4 Å². The van der Waals surface area contributed by atoms with Gasteiger partial charge in [-0.25, -0.2) is 19.8 Å². The van der Waals surface area contributed by atoms with Crippen LogP contribution in [0.25, 0.3) is 105 Å². The highest BCUT2D eigenvalue weighted by Crippen LogP contribution is 2.41. The van der Waals surface area contributed by atoms with Crippen molar-refractivity contribution in [2.45, 2.75) is 0 Å². The number of fused-ring (bicyclic) bond motifs is 5. The SMILES string of the molecule is [C-]#[N+]c1ccc(-c2cc3c4cccnc4c(-c4cccc(-c5cccc(-c6nc(-c7ccccc7)nc(-c7ccccc7)n6)c5)c4)cc3c3cccnc23)cc1. The standard InChI is InChI=1S/C50H30N6/c1-51-39-24-22-32(23-25-39)42-30-44-41-21-11-27-53-47(41)43(31-45(44)40-20-10-26-52-46(40)42)37-18-8-16-35(28-37)36-17-9-19-38(29-36)50-55-48(33-12-4-2-5-13-33)54-49(56-50)34-14-6-3-7-15-34/h2-31H. The first-order valence-corrected chi connectivity index (χ1v) is 18.4. The molecule has 10 rings (SSSR count). The monoisotopic (exact) mass is 714 g/mol. The normalized spacial score (nSPS) is 11.2. The van der Waals surface area contributed by atoms with Crippen molar-refractivity contribution in [1.82, 2.24) is 24.9 Å². The molecule has 0 aliphatic heterocycles. The lowest BCUT2D eigenvalue weighted by Gasteiger charge is -2.15. The van der Waals surface area contributed by atoms with Gasteiger partial charge in [0, 0.05) is 51.0 Å². The van der Waals surface area contributed by atoms with E-state index in [0.29, 0.717) is 23.2 Å². The zero-order chi connectivity index (χ0) is 37.4. The molecule has 0 N–H and O–H groups in total. The van der Waals surface area contributed by atoms with Gasteiger partial charge in [0.1, 0.15) is 0 Å². The van der Waals surface area contributed by atoms with Crippen molar-refractivity contribution < 1.29 is 0 Å². The predicted octanol–water partition coefficient (Wildman–Crippen LogP) is 12.7. The van der Waals surface area contributed by atoms with Gasteiger partial charge in [-0.3, -0.25) is 9.97 Å². The third-order valence-electron chi connectivity index (χ3n) is 10.2. The summed E-state index contributed by atoms with van der Waals surface area (Å²) in [7, 11) is 0. The van der Waals surface area contributed by atoms with E-state index in [-0.39, 0.29) is 0 Å². The number of nitrogens with zero attached hydrogens (tertiary/aromatic N) is 6. The Morgan fingerprint density at radius 1 is 0.339 bits per heavy atom. The predicted molar refractivity (Wildman–Crippen MR) is 227 cm³/mol. The fraction of sp³-hybridized carbons (Fsp3) is 0. The second-order valence-electron chi connectivity index (χ2n) is 13.6. The largest absolute Gasteiger partial charge is 0.256 e. The minimum atomic E-state index is 0.611. The summed E-state index contributed by atoms with van der Waals surface area (Å²) >= 11 is 0. The molecule has 0 unspecified atom stereocenters. The second-order valence-corrected chi connectivity index (χ2v) is 13.6. The van der Waals surface area contributed by atoms with Crippen molar-refractivity contribution in [3.05, 3.63) is 194 Å². The van der Waals surface area contributed by atoms with Gasteiger partial charge < -0.3 is 0 Å². The van der Waals surface area contributed by atoms with Crippen LogP contribution in [-0.4, -0.2) is 24.9 Å². The van der Waals surface area contributed by atoms with Crippen molar-refractivity contribution in [1.29, 1.82) is 0 Å². The average molecular weight is 715 g/mol. The lowest BCUT2D eigenvalue weighted by atomic mass is 9.90. The molecular weight excluding hydrogens is 685 g/mol. The summed E-state index contributed by atoms with van der Waals surface area (Å²) in [5.41, 5.74) is 11.5. The Labute approximate surface area is 323 Å². The number of hydrogen-bond donors (Lipinski definition) is 0. The summed E-state index contributed by atoms with van der Waals surface area (Å²) in [6.07, 6.45) is 3.70. The Morgan fingerprint density at radius 3 is 1.32 bits per heavy atom. The average Bonchev–Trinajstić information content (AvgIpc) is 3.29. The third-order valence-corrected chi connectivity index (χ3v) is 10.2. The lowest BCUT2D eigenvalue weighted by Crippen LogP contribution is -2.00. The van der Waals surface area contributed by atoms with Crippen LogP contribution in [-0.2, 0) is 0 Å². The zero-order valence-electron chi connectivity index (χ0n) is 30.0. The van der Waals surface area contributed by atoms with E-state index in [1.54, 1.807) is 0 Å². The molecule has 0 atom stereocenters. The van der Waals surface area contributed by atoms with Gasteiger partial charge in [0.2, 0.25) is 0 Å². The molecule has 0 bridgehead atoms. The van der Waals surface area contributed by atoms with E-state index in [1.807, 2.05) is 109 Å². The molecule has 7 aromatic carbocycles. The van der Waals surface area contributed by atoms with Crippen LogP contribution in [0.15, 0.2) is 182 Å². The van der Waals surface area contributed by atoms with Gasteiger partial charge >= 0.3 is 0 Å². The summed E-state index contributed by atoms with van der Waals surface area (Å²) in [6.45, 7) is 7.41. The van der Waals surface area contributed by atoms with E-state index in [0.717, 1.165) is 82.6 Å². The lowest BCUT2D eigenvalue weighted by molar-refractivity contribution is 1.07. The van der Waals surface area contributed by atoms with E-state index in [4.69, 9.17) is 31.5 Å². The summed E-state index contributed by atoms with van der Waals surface area (Å²) in [4.78, 5) is 28.2. The maximum Gasteiger partial charge on any atom is 0.187 e. The van der Waals surface area contributed by atoms with Crippen molar-refractivity contribution in [3.63, 3.8) is 0 Å². The second kappa shape index (κ2) is 13.8. The molecule has 56 heavy (non-hydrogen) atoms. The van der Waals surface area contributed by atoms with Crippen molar-refractivity contribution in [2.75, 3.05) is 0 Å². The molecule has 0 aliphatic carbocycles. The van der Waals surface area contributed by atoms with Gasteiger partial charge in [-0.15, -0.1) is 0 Å². The van der Waals surface area contributed by atoms with Crippen LogP contribution in [0.5, 0.6) is 0 Å². The van der Waals surface area contributed by atoms with Crippen LogP contribution < -0.4 is 0 Å². The summed E-state index contributed by atoms with van der Waals surface area (Å²) < 4.78 is 0. The topological polar surface area (TPSA) is 68.8 Å². The Bertz CT molecular complexity index is 3080. The maximum atomic E-state index is 7.41. The highest BCUT2D eigenvalue weighted by Gasteiger charge is 2.17. The van der Waals surface area contributed by atoms with Crippen LogP contribution in [0.3, 0.4) is 0 Å². The van der Waals surface area contributed by atoms with Gasteiger partial charge in [-0.2, -0.15) is 0 Å². The molecule has 260 valence electrons. The van der Waals surface area contributed by atoms with E-state index in [2.05, 4.69) is 77.6 Å². The molecular formula is C50H30N6.